The van der Waals surface area contributed by atoms with E-state index in [1.165, 1.54) is 24.5 Å². The van der Waals surface area contributed by atoms with Gasteiger partial charge in [-0.25, -0.2) is 19.3 Å². The molecule has 8 heteroatoms. The van der Waals surface area contributed by atoms with E-state index in [1.807, 2.05) is 30.3 Å². The van der Waals surface area contributed by atoms with Crippen LogP contribution >= 0.6 is 0 Å². The summed E-state index contributed by atoms with van der Waals surface area (Å²) in [6, 6.07) is 13.8. The Balaban J connectivity index is 1.35. The van der Waals surface area contributed by atoms with Gasteiger partial charge in [0, 0.05) is 24.6 Å². The molecule has 30 heavy (non-hydrogen) atoms. The Kier molecular flexibility index (Phi) is 4.59. The molecule has 7 nitrogen and oxygen atoms in total. The summed E-state index contributed by atoms with van der Waals surface area (Å²) in [5.74, 6) is 0.633. The molecule has 150 valence electrons. The molecule has 0 saturated carbocycles. The lowest BCUT2D eigenvalue weighted by molar-refractivity contribution is 0.0729. The molecular weight excluding hydrogens is 383 g/mol. The highest BCUT2D eigenvalue weighted by molar-refractivity contribution is 5.94. The van der Waals surface area contributed by atoms with E-state index in [1.54, 1.807) is 11.0 Å². The van der Waals surface area contributed by atoms with Gasteiger partial charge in [-0.15, -0.1) is 0 Å². The van der Waals surface area contributed by atoms with Crippen molar-refractivity contribution in [3.8, 4) is 0 Å². The number of carbonyl (C=O) groups excluding carboxylic acids is 1. The lowest BCUT2D eigenvalue weighted by Gasteiger charge is -2.23. The maximum Gasteiger partial charge on any atom is 0.257 e. The minimum Gasteiger partial charge on any atom is -0.340 e. The molecule has 0 unspecified atom stereocenters. The van der Waals surface area contributed by atoms with Crippen molar-refractivity contribution in [1.82, 2.24) is 24.8 Å². The number of nitrogens with zero attached hydrogens (tertiary/aromatic N) is 4. The van der Waals surface area contributed by atoms with Gasteiger partial charge in [0.15, 0.2) is 0 Å². The fraction of sp³-hybridized carbons (Fsp3) is 0.182. The average Bonchev–Trinajstić information content (AvgIpc) is 3.41. The minimum absolute atomic E-state index is 0.143. The quantitative estimate of drug-likeness (QED) is 0.534. The normalized spacial score (nSPS) is 16.2. The zero-order valence-corrected chi connectivity index (χ0v) is 16.0. The lowest BCUT2D eigenvalue weighted by atomic mass is 10.2. The Morgan fingerprint density at radius 1 is 1.13 bits per heavy atom. The summed E-state index contributed by atoms with van der Waals surface area (Å²) in [5, 5.41) is 3.10. The van der Waals surface area contributed by atoms with Gasteiger partial charge in [-0.3, -0.25) is 4.79 Å². The van der Waals surface area contributed by atoms with E-state index in [4.69, 9.17) is 0 Å². The summed E-state index contributed by atoms with van der Waals surface area (Å²) >= 11 is 0. The zero-order chi connectivity index (χ0) is 20.5. The number of nitrogens with one attached hydrogen (secondary N) is 2. The van der Waals surface area contributed by atoms with Crippen LogP contribution in [0.5, 0.6) is 0 Å². The van der Waals surface area contributed by atoms with Crippen molar-refractivity contribution in [2.45, 2.75) is 18.9 Å². The molecule has 0 aliphatic carbocycles. The second-order valence-electron chi connectivity index (χ2n) is 7.23. The summed E-state index contributed by atoms with van der Waals surface area (Å²) in [5.41, 5.74) is 2.61. The molecule has 0 spiro atoms. The average molecular weight is 402 g/mol. The lowest BCUT2D eigenvalue weighted by Crippen LogP contribution is -2.31. The van der Waals surface area contributed by atoms with Gasteiger partial charge in [0.1, 0.15) is 11.6 Å². The van der Waals surface area contributed by atoms with Crippen molar-refractivity contribution in [2.24, 2.45) is 0 Å². The van der Waals surface area contributed by atoms with Crippen LogP contribution < -0.4 is 5.32 Å². The maximum absolute atomic E-state index is 13.5. The molecular formula is C22H19FN6O. The van der Waals surface area contributed by atoms with Gasteiger partial charge in [-0.2, -0.15) is 0 Å². The predicted molar refractivity (Wildman–Crippen MR) is 111 cm³/mol. The monoisotopic (exact) mass is 402 g/mol. The van der Waals surface area contributed by atoms with Gasteiger partial charge in [0.2, 0.25) is 5.95 Å². The SMILES string of the molecule is O=C(c1cnc(Nc2ccccc2)nc1)N1CCC[C@H]1c1nc2ccc(F)cc2[nH]1. The molecule has 2 N–H and O–H groups in total. The Bertz CT molecular complexity index is 1190. The summed E-state index contributed by atoms with van der Waals surface area (Å²) in [6.07, 6.45) is 4.73. The number of aromatic nitrogens is 4. The van der Waals surface area contributed by atoms with Crippen LogP contribution in [-0.4, -0.2) is 37.3 Å². The van der Waals surface area contributed by atoms with Gasteiger partial charge in [-0.1, -0.05) is 18.2 Å². The van der Waals surface area contributed by atoms with Crippen molar-refractivity contribution < 1.29 is 9.18 Å². The van der Waals surface area contributed by atoms with E-state index >= 15 is 0 Å². The first-order valence-corrected chi connectivity index (χ1v) is 9.77. The highest BCUT2D eigenvalue weighted by Gasteiger charge is 2.33. The van der Waals surface area contributed by atoms with Gasteiger partial charge < -0.3 is 15.2 Å². The van der Waals surface area contributed by atoms with Crippen molar-refractivity contribution in [3.05, 3.63) is 78.1 Å². The van der Waals surface area contributed by atoms with Crippen LogP contribution in [0.3, 0.4) is 0 Å². The Labute approximate surface area is 172 Å². The predicted octanol–water partition coefficient (Wildman–Crippen LogP) is 4.21. The topological polar surface area (TPSA) is 86.8 Å². The minimum atomic E-state index is -0.321. The summed E-state index contributed by atoms with van der Waals surface area (Å²) in [4.78, 5) is 31.1. The number of rotatable bonds is 4. The van der Waals surface area contributed by atoms with E-state index < -0.39 is 0 Å². The van der Waals surface area contributed by atoms with Gasteiger partial charge >= 0.3 is 0 Å². The highest BCUT2D eigenvalue weighted by Crippen LogP contribution is 2.32. The number of amides is 1. The van der Waals surface area contributed by atoms with Crippen LogP contribution in [-0.2, 0) is 0 Å². The first kappa shape index (κ1) is 18.2. The number of H-pyrrole nitrogens is 1. The van der Waals surface area contributed by atoms with Crippen molar-refractivity contribution in [2.75, 3.05) is 11.9 Å². The maximum atomic E-state index is 13.5. The number of aromatic amines is 1. The van der Waals surface area contributed by atoms with E-state index in [2.05, 4.69) is 25.3 Å². The molecule has 2 aromatic heterocycles. The van der Waals surface area contributed by atoms with Crippen LogP contribution in [0.2, 0.25) is 0 Å². The third kappa shape index (κ3) is 3.47. The second-order valence-corrected chi connectivity index (χ2v) is 7.23. The van der Waals surface area contributed by atoms with Crippen molar-refractivity contribution >= 4 is 28.6 Å². The number of hydrogen-bond acceptors (Lipinski definition) is 5. The standard InChI is InChI=1S/C22H19FN6O/c23-15-8-9-17-18(11-15)28-20(27-17)19-7-4-10-29(19)21(30)14-12-24-22(25-13-14)26-16-5-2-1-3-6-16/h1-3,5-6,8-9,11-13,19H,4,7,10H2,(H,27,28)(H,24,25,26)/t19-/m0/s1. The largest absolute Gasteiger partial charge is 0.340 e. The highest BCUT2D eigenvalue weighted by atomic mass is 19.1. The number of anilines is 2. The summed E-state index contributed by atoms with van der Waals surface area (Å²) in [6.45, 7) is 0.624. The number of benzene rings is 2. The molecule has 1 aliphatic rings. The van der Waals surface area contributed by atoms with Gasteiger partial charge in [0.05, 0.1) is 22.6 Å². The number of likely N-dealkylation sites (tertiary alicyclic amines) is 1. The molecule has 5 rings (SSSR count). The first-order valence-electron chi connectivity index (χ1n) is 9.77. The third-order valence-electron chi connectivity index (χ3n) is 5.22. The van der Waals surface area contributed by atoms with E-state index in [-0.39, 0.29) is 17.8 Å². The zero-order valence-electron chi connectivity index (χ0n) is 16.0. The van der Waals surface area contributed by atoms with Crippen LogP contribution in [0.15, 0.2) is 60.9 Å². The molecule has 4 aromatic rings. The molecule has 1 atom stereocenters. The van der Waals surface area contributed by atoms with E-state index in [0.717, 1.165) is 18.5 Å². The van der Waals surface area contributed by atoms with Gasteiger partial charge in [0.25, 0.3) is 5.91 Å². The molecule has 1 aliphatic heterocycles. The molecule has 1 saturated heterocycles. The smallest absolute Gasteiger partial charge is 0.257 e. The van der Waals surface area contributed by atoms with Crippen LogP contribution in [0.1, 0.15) is 35.1 Å². The number of halogens is 1. The fourth-order valence-electron chi connectivity index (χ4n) is 3.77. The number of imidazole rings is 1. The summed E-state index contributed by atoms with van der Waals surface area (Å²) < 4.78 is 13.5. The molecule has 1 fully saturated rings. The van der Waals surface area contributed by atoms with Crippen LogP contribution in [0, 0.1) is 5.82 Å². The number of para-hydroxylation sites is 1. The van der Waals surface area contributed by atoms with Crippen molar-refractivity contribution in [3.63, 3.8) is 0 Å². The Morgan fingerprint density at radius 2 is 1.93 bits per heavy atom. The molecule has 0 radical (unpaired) electrons. The number of fused-ring (bicyclic) bond motifs is 1. The van der Waals surface area contributed by atoms with Crippen LogP contribution in [0.25, 0.3) is 11.0 Å². The molecule has 0 bridgehead atoms. The first-order chi connectivity index (χ1) is 14.7. The number of hydrogen-bond donors (Lipinski definition) is 2. The summed E-state index contributed by atoms with van der Waals surface area (Å²) in [7, 11) is 0. The molecule has 2 aromatic carbocycles. The van der Waals surface area contributed by atoms with Gasteiger partial charge in [-0.05, 0) is 43.2 Å². The molecule has 3 heterocycles. The third-order valence-corrected chi connectivity index (χ3v) is 5.22. The molecule has 1 amide bonds. The fourth-order valence-corrected chi connectivity index (χ4v) is 3.77. The van der Waals surface area contributed by atoms with Crippen LogP contribution in [0.4, 0.5) is 16.0 Å². The van der Waals surface area contributed by atoms with E-state index in [9.17, 15) is 9.18 Å². The van der Waals surface area contributed by atoms with Crippen molar-refractivity contribution in [1.29, 1.82) is 0 Å². The second kappa shape index (κ2) is 7.55. The number of carbonyl (C=O) groups is 1. The van der Waals surface area contributed by atoms with E-state index in [0.29, 0.717) is 34.9 Å². The Hall–Kier alpha value is -3.81. The Morgan fingerprint density at radius 3 is 2.73 bits per heavy atom.